The molecular formula is C20H16ClFN4O2. The molecule has 0 fully saturated rings. The molecule has 0 bridgehead atoms. The molecule has 0 aliphatic rings. The van der Waals surface area contributed by atoms with Crippen molar-refractivity contribution in [3.05, 3.63) is 76.2 Å². The Morgan fingerprint density at radius 1 is 1.18 bits per heavy atom. The van der Waals surface area contributed by atoms with E-state index in [1.54, 1.807) is 0 Å². The van der Waals surface area contributed by atoms with Crippen LogP contribution in [0.5, 0.6) is 0 Å². The molecule has 1 aromatic heterocycles. The molecule has 0 unspecified atom stereocenters. The first kappa shape index (κ1) is 19.4. The summed E-state index contributed by atoms with van der Waals surface area (Å²) in [6.07, 6.45) is 1.38. The van der Waals surface area contributed by atoms with Crippen LogP contribution in [-0.4, -0.2) is 29.6 Å². The molecule has 0 saturated heterocycles. The summed E-state index contributed by atoms with van der Waals surface area (Å²) in [5.74, 6) is -1.45. The Kier molecular flexibility index (Phi) is 5.96. The molecule has 0 aliphatic heterocycles. The standard InChI is InChI=1S/C20H16ClFN4O2/c1-12-2-3-14-9-15(19(21)25-17(14)8-12)10-24-26-18(27)11-23-20(28)13-4-6-16(22)7-5-13/h2-10H,11H2,1H3,(H,23,28)(H,26,27)/b24-10+. The van der Waals surface area contributed by atoms with Crippen molar-refractivity contribution in [1.29, 1.82) is 0 Å². The van der Waals surface area contributed by atoms with E-state index in [0.717, 1.165) is 16.5 Å². The third kappa shape index (κ3) is 4.89. The third-order valence-corrected chi connectivity index (χ3v) is 4.17. The molecular weight excluding hydrogens is 383 g/mol. The number of rotatable bonds is 5. The van der Waals surface area contributed by atoms with Gasteiger partial charge in [-0.25, -0.2) is 14.8 Å². The van der Waals surface area contributed by atoms with E-state index in [1.807, 2.05) is 31.2 Å². The van der Waals surface area contributed by atoms with Crippen molar-refractivity contribution in [1.82, 2.24) is 15.7 Å². The molecule has 2 aromatic carbocycles. The maximum Gasteiger partial charge on any atom is 0.259 e. The summed E-state index contributed by atoms with van der Waals surface area (Å²) in [4.78, 5) is 28.0. The fraction of sp³-hybridized carbons (Fsp3) is 0.100. The molecule has 0 saturated carbocycles. The van der Waals surface area contributed by atoms with Crippen molar-refractivity contribution in [2.75, 3.05) is 6.54 Å². The van der Waals surface area contributed by atoms with Crippen molar-refractivity contribution < 1.29 is 14.0 Å². The van der Waals surface area contributed by atoms with E-state index < -0.39 is 17.6 Å². The molecule has 6 nitrogen and oxygen atoms in total. The van der Waals surface area contributed by atoms with Crippen LogP contribution in [-0.2, 0) is 4.79 Å². The van der Waals surface area contributed by atoms with Gasteiger partial charge in [-0.3, -0.25) is 9.59 Å². The van der Waals surface area contributed by atoms with Crippen LogP contribution in [0.4, 0.5) is 4.39 Å². The number of carbonyl (C=O) groups is 2. The number of aromatic nitrogens is 1. The first-order valence-electron chi connectivity index (χ1n) is 8.35. The summed E-state index contributed by atoms with van der Waals surface area (Å²) >= 11 is 6.15. The number of carbonyl (C=O) groups excluding carboxylic acids is 2. The molecule has 3 aromatic rings. The molecule has 0 radical (unpaired) electrons. The van der Waals surface area contributed by atoms with Crippen LogP contribution in [0.3, 0.4) is 0 Å². The second-order valence-corrected chi connectivity index (χ2v) is 6.41. The van der Waals surface area contributed by atoms with Crippen LogP contribution >= 0.6 is 11.6 Å². The average Bonchev–Trinajstić information content (AvgIpc) is 2.67. The largest absolute Gasteiger partial charge is 0.343 e. The Bertz CT molecular complexity index is 1070. The van der Waals surface area contributed by atoms with Gasteiger partial charge in [-0.2, -0.15) is 5.10 Å². The summed E-state index contributed by atoms with van der Waals surface area (Å²) in [6, 6.07) is 12.6. The summed E-state index contributed by atoms with van der Waals surface area (Å²) in [7, 11) is 0. The fourth-order valence-corrected chi connectivity index (χ4v) is 2.63. The summed E-state index contributed by atoms with van der Waals surface area (Å²) < 4.78 is 12.9. The number of nitrogens with zero attached hydrogens (tertiary/aromatic N) is 2. The van der Waals surface area contributed by atoms with E-state index in [-0.39, 0.29) is 17.3 Å². The minimum atomic E-state index is -0.521. The maximum absolute atomic E-state index is 12.9. The highest BCUT2D eigenvalue weighted by Gasteiger charge is 2.08. The summed E-state index contributed by atoms with van der Waals surface area (Å²) in [5, 5.41) is 7.42. The second-order valence-electron chi connectivity index (χ2n) is 6.05. The molecule has 142 valence electrons. The molecule has 1 heterocycles. The number of halogens is 2. The van der Waals surface area contributed by atoms with Gasteiger partial charge in [0.15, 0.2) is 0 Å². The molecule has 28 heavy (non-hydrogen) atoms. The van der Waals surface area contributed by atoms with Crippen molar-refractivity contribution in [3.8, 4) is 0 Å². The van der Waals surface area contributed by atoms with Gasteiger partial charge in [0, 0.05) is 16.5 Å². The number of benzene rings is 2. The minimum absolute atomic E-state index is 0.252. The van der Waals surface area contributed by atoms with E-state index in [0.29, 0.717) is 5.56 Å². The molecule has 2 N–H and O–H groups in total. The van der Waals surface area contributed by atoms with Crippen LogP contribution in [0.2, 0.25) is 5.15 Å². The average molecular weight is 399 g/mol. The Morgan fingerprint density at radius 2 is 1.93 bits per heavy atom. The highest BCUT2D eigenvalue weighted by Crippen LogP contribution is 2.20. The Balaban J connectivity index is 1.56. The number of fused-ring (bicyclic) bond motifs is 1. The van der Waals surface area contributed by atoms with Crippen LogP contribution < -0.4 is 10.7 Å². The fourth-order valence-electron chi connectivity index (χ4n) is 2.44. The number of aryl methyl sites for hydroxylation is 1. The number of amides is 2. The zero-order valence-corrected chi connectivity index (χ0v) is 15.6. The van der Waals surface area contributed by atoms with Gasteiger partial charge < -0.3 is 5.32 Å². The SMILES string of the molecule is Cc1ccc2cc(/C=N/NC(=O)CNC(=O)c3ccc(F)cc3)c(Cl)nc2c1. The van der Waals surface area contributed by atoms with E-state index in [4.69, 9.17) is 11.6 Å². The van der Waals surface area contributed by atoms with Gasteiger partial charge in [-0.15, -0.1) is 0 Å². The quantitative estimate of drug-likeness (QED) is 0.393. The van der Waals surface area contributed by atoms with Crippen LogP contribution in [0.15, 0.2) is 53.6 Å². The molecule has 2 amide bonds. The van der Waals surface area contributed by atoms with Gasteiger partial charge in [0.1, 0.15) is 11.0 Å². The first-order chi connectivity index (χ1) is 13.4. The number of hydrogen-bond acceptors (Lipinski definition) is 4. The second kappa shape index (κ2) is 8.58. The van der Waals surface area contributed by atoms with E-state index in [2.05, 4.69) is 20.8 Å². The van der Waals surface area contributed by atoms with Crippen LogP contribution in [0.25, 0.3) is 10.9 Å². The lowest BCUT2D eigenvalue weighted by atomic mass is 10.1. The lowest BCUT2D eigenvalue weighted by Crippen LogP contribution is -2.34. The summed E-state index contributed by atoms with van der Waals surface area (Å²) in [6.45, 7) is 1.69. The number of pyridine rings is 1. The zero-order valence-electron chi connectivity index (χ0n) is 14.9. The van der Waals surface area contributed by atoms with E-state index >= 15 is 0 Å². The maximum atomic E-state index is 12.9. The molecule has 0 atom stereocenters. The number of hydrogen-bond donors (Lipinski definition) is 2. The lowest BCUT2D eigenvalue weighted by molar-refractivity contribution is -0.120. The van der Waals surface area contributed by atoms with Gasteiger partial charge in [0.05, 0.1) is 18.3 Å². The summed E-state index contributed by atoms with van der Waals surface area (Å²) in [5.41, 5.74) is 4.95. The molecule has 0 spiro atoms. The first-order valence-corrected chi connectivity index (χ1v) is 8.73. The van der Waals surface area contributed by atoms with Crippen LogP contribution in [0, 0.1) is 12.7 Å². The van der Waals surface area contributed by atoms with Crippen LogP contribution in [0.1, 0.15) is 21.5 Å². The van der Waals surface area contributed by atoms with Crippen molar-refractivity contribution in [2.45, 2.75) is 6.92 Å². The smallest absolute Gasteiger partial charge is 0.259 e. The van der Waals surface area contributed by atoms with Gasteiger partial charge in [-0.05, 0) is 48.9 Å². The van der Waals surface area contributed by atoms with Gasteiger partial charge in [0.25, 0.3) is 11.8 Å². The Labute approximate surface area is 165 Å². The topological polar surface area (TPSA) is 83.5 Å². The third-order valence-electron chi connectivity index (χ3n) is 3.86. The van der Waals surface area contributed by atoms with E-state index in [1.165, 1.54) is 30.5 Å². The Morgan fingerprint density at radius 3 is 2.68 bits per heavy atom. The number of hydrazone groups is 1. The van der Waals surface area contributed by atoms with Crippen molar-refractivity contribution in [3.63, 3.8) is 0 Å². The highest BCUT2D eigenvalue weighted by molar-refractivity contribution is 6.32. The normalized spacial score (nSPS) is 11.0. The lowest BCUT2D eigenvalue weighted by Gasteiger charge is -2.05. The van der Waals surface area contributed by atoms with Gasteiger partial charge in [-0.1, -0.05) is 23.7 Å². The predicted molar refractivity (Wildman–Crippen MR) is 106 cm³/mol. The highest BCUT2D eigenvalue weighted by atomic mass is 35.5. The van der Waals surface area contributed by atoms with E-state index in [9.17, 15) is 14.0 Å². The predicted octanol–water partition coefficient (Wildman–Crippen LogP) is 3.22. The zero-order chi connectivity index (χ0) is 20.1. The number of nitrogens with one attached hydrogen (secondary N) is 2. The van der Waals surface area contributed by atoms with Gasteiger partial charge in [0.2, 0.25) is 0 Å². The minimum Gasteiger partial charge on any atom is -0.343 e. The van der Waals surface area contributed by atoms with Crippen molar-refractivity contribution >= 4 is 40.5 Å². The Hall–Kier alpha value is -3.32. The molecule has 0 aliphatic carbocycles. The van der Waals surface area contributed by atoms with Gasteiger partial charge >= 0.3 is 0 Å². The molecule has 3 rings (SSSR count). The van der Waals surface area contributed by atoms with Crippen molar-refractivity contribution in [2.24, 2.45) is 5.10 Å². The molecule has 8 heteroatoms. The monoisotopic (exact) mass is 398 g/mol.